The molecule has 4 aromatic rings. The van der Waals surface area contributed by atoms with Crippen LogP contribution in [-0.2, 0) is 40.6 Å². The first-order valence-corrected chi connectivity index (χ1v) is 20.7. The maximum Gasteiger partial charge on any atom is 0.308 e. The second-order valence-electron chi connectivity index (χ2n) is 15.6. The fraction of sp³-hybridized carbons (Fsp3) is 0.478. The molecule has 0 bridgehead atoms. The van der Waals surface area contributed by atoms with Crippen LogP contribution in [0, 0.1) is 13.8 Å². The number of rotatable bonds is 24. The smallest absolute Gasteiger partial charge is 0.308 e. The van der Waals surface area contributed by atoms with Crippen LogP contribution in [0.15, 0.2) is 48.5 Å². The monoisotopic (exact) mass is 826 g/mol. The first-order valence-electron chi connectivity index (χ1n) is 20.7. The molecule has 14 nitrogen and oxygen atoms in total. The van der Waals surface area contributed by atoms with Gasteiger partial charge in [0.1, 0.15) is 13.2 Å². The van der Waals surface area contributed by atoms with Crippen molar-refractivity contribution in [2.24, 2.45) is 0 Å². The van der Waals surface area contributed by atoms with Crippen molar-refractivity contribution in [2.45, 2.75) is 110 Å². The molecule has 5 N–H and O–H groups in total. The molecule has 0 saturated heterocycles. The van der Waals surface area contributed by atoms with E-state index in [0.29, 0.717) is 61.7 Å². The van der Waals surface area contributed by atoms with E-state index >= 15 is 0 Å². The van der Waals surface area contributed by atoms with Gasteiger partial charge in [0.2, 0.25) is 23.5 Å². The van der Waals surface area contributed by atoms with Crippen LogP contribution in [0.25, 0.3) is 11.1 Å². The summed E-state index contributed by atoms with van der Waals surface area (Å²) < 4.78 is 29.2. The van der Waals surface area contributed by atoms with Gasteiger partial charge >= 0.3 is 11.9 Å². The van der Waals surface area contributed by atoms with Crippen molar-refractivity contribution < 1.29 is 48.6 Å². The lowest BCUT2D eigenvalue weighted by molar-refractivity contribution is -0.145. The Bertz CT molecular complexity index is 2120. The SMILES string of the molecule is CCOC(=O)CC(O)CNCc1cc(C2CC2)c(OCc2cccc(-c3cccc(COc4nc(OC)c(CNCC(O)CC(=O)O)cc4C4CC4)c3C)c2C)nc1OC. The van der Waals surface area contributed by atoms with Crippen molar-refractivity contribution in [1.29, 1.82) is 0 Å². The second kappa shape index (κ2) is 20.8. The van der Waals surface area contributed by atoms with Crippen LogP contribution in [0.1, 0.15) is 102 Å². The topological polar surface area (TPSA) is 191 Å². The lowest BCUT2D eigenvalue weighted by atomic mass is 9.92. The summed E-state index contributed by atoms with van der Waals surface area (Å²) in [6.45, 7) is 7.99. The summed E-state index contributed by atoms with van der Waals surface area (Å²) in [5, 5.41) is 35.5. The fourth-order valence-electron chi connectivity index (χ4n) is 7.35. The van der Waals surface area contributed by atoms with E-state index in [-0.39, 0.29) is 32.5 Å². The Kier molecular flexibility index (Phi) is 15.4. The minimum absolute atomic E-state index is 0.0739. The normalized spacial score (nSPS) is 14.7. The summed E-state index contributed by atoms with van der Waals surface area (Å²) in [4.78, 5) is 32.3. The van der Waals surface area contributed by atoms with E-state index < -0.39 is 24.1 Å². The number of carbonyl (C=O) groups is 2. The number of esters is 1. The Hall–Kier alpha value is -5.28. The van der Waals surface area contributed by atoms with Gasteiger partial charge in [-0.25, -0.2) is 0 Å². The van der Waals surface area contributed by atoms with Crippen LogP contribution in [0.4, 0.5) is 0 Å². The van der Waals surface area contributed by atoms with Gasteiger partial charge in [0.25, 0.3) is 0 Å². The molecule has 2 unspecified atom stereocenters. The maximum absolute atomic E-state index is 11.7. The fourth-order valence-corrected chi connectivity index (χ4v) is 7.35. The average molecular weight is 827 g/mol. The standard InChI is InChI=1S/C46H58N4O10/c1-6-58-42(55)20-36(52)24-48-22-34-18-40(30-15-16-30)46(50-44(34)57-5)60-26-32-10-8-12-38(28(32)3)37-11-7-9-31(27(37)2)25-59-45-39(29-13-14-29)17-33(43(49-45)56-4)21-47-23-35(51)19-41(53)54/h7-12,17-18,29-30,35-36,47-48,51-52H,6,13-16,19-26H2,1-5H3,(H,53,54). The number of carboxylic acids is 1. The Morgan fingerprint density at radius 3 is 1.55 bits per heavy atom. The molecule has 0 spiro atoms. The Morgan fingerprint density at radius 2 is 1.15 bits per heavy atom. The molecule has 2 aliphatic rings. The first kappa shape index (κ1) is 44.3. The highest BCUT2D eigenvalue weighted by molar-refractivity contribution is 5.73. The number of aliphatic carboxylic acids is 1. The minimum Gasteiger partial charge on any atom is -0.481 e. The molecule has 14 heteroatoms. The minimum atomic E-state index is -1.05. The van der Waals surface area contributed by atoms with E-state index in [1.165, 1.54) is 0 Å². The van der Waals surface area contributed by atoms with Gasteiger partial charge in [0.15, 0.2) is 0 Å². The lowest BCUT2D eigenvalue weighted by Gasteiger charge is -2.19. The lowest BCUT2D eigenvalue weighted by Crippen LogP contribution is -2.29. The number of nitrogens with one attached hydrogen (secondary N) is 2. The van der Waals surface area contributed by atoms with Gasteiger partial charge < -0.3 is 49.6 Å². The average Bonchev–Trinajstić information content (AvgIpc) is 4.16. The molecule has 2 heterocycles. The highest BCUT2D eigenvalue weighted by Crippen LogP contribution is 2.46. The highest BCUT2D eigenvalue weighted by Gasteiger charge is 2.31. The molecule has 2 atom stereocenters. The largest absolute Gasteiger partial charge is 0.481 e. The van der Waals surface area contributed by atoms with Crippen molar-refractivity contribution in [3.05, 3.63) is 93.0 Å². The van der Waals surface area contributed by atoms with Crippen molar-refractivity contribution in [3.63, 3.8) is 0 Å². The molecule has 2 fully saturated rings. The summed E-state index contributed by atoms with van der Waals surface area (Å²) >= 11 is 0. The third kappa shape index (κ3) is 11.7. The van der Waals surface area contributed by atoms with Crippen LogP contribution < -0.4 is 29.6 Å². The van der Waals surface area contributed by atoms with Crippen LogP contribution in [0.5, 0.6) is 23.5 Å². The number of methoxy groups -OCH3 is 2. The molecule has 0 amide bonds. The summed E-state index contributed by atoms with van der Waals surface area (Å²) in [7, 11) is 3.14. The summed E-state index contributed by atoms with van der Waals surface area (Å²) in [5.41, 5.74) is 10.2. The van der Waals surface area contributed by atoms with Crippen molar-refractivity contribution in [1.82, 2.24) is 20.6 Å². The summed E-state index contributed by atoms with van der Waals surface area (Å²) in [5.74, 6) is 1.17. The highest BCUT2D eigenvalue weighted by atomic mass is 16.5. The molecule has 60 heavy (non-hydrogen) atoms. The molecular formula is C46H58N4O10. The van der Waals surface area contributed by atoms with Gasteiger partial charge in [-0.1, -0.05) is 36.4 Å². The Balaban J connectivity index is 1.13. The zero-order chi connectivity index (χ0) is 42.8. The number of nitrogens with zero attached hydrogens (tertiary/aromatic N) is 2. The van der Waals surface area contributed by atoms with Crippen LogP contribution in [-0.4, -0.2) is 83.4 Å². The van der Waals surface area contributed by atoms with E-state index in [2.05, 4.69) is 54.8 Å². The number of hydrogen-bond donors (Lipinski definition) is 5. The van der Waals surface area contributed by atoms with E-state index in [1.807, 2.05) is 18.2 Å². The number of benzene rings is 2. The molecule has 2 saturated carbocycles. The van der Waals surface area contributed by atoms with Crippen molar-refractivity contribution >= 4 is 11.9 Å². The predicted molar refractivity (Wildman–Crippen MR) is 224 cm³/mol. The van der Waals surface area contributed by atoms with Gasteiger partial charge in [0.05, 0.1) is 45.9 Å². The predicted octanol–water partition coefficient (Wildman–Crippen LogP) is 6.02. The van der Waals surface area contributed by atoms with E-state index in [9.17, 15) is 19.8 Å². The van der Waals surface area contributed by atoms with Gasteiger partial charge in [-0.05, 0) is 104 Å². The number of aliphatic hydroxyl groups is 2. The van der Waals surface area contributed by atoms with Crippen molar-refractivity contribution in [2.75, 3.05) is 33.9 Å². The molecule has 2 aromatic heterocycles. The van der Waals surface area contributed by atoms with Gasteiger partial charge in [-0.15, -0.1) is 0 Å². The second-order valence-corrected chi connectivity index (χ2v) is 15.6. The molecule has 2 aromatic carbocycles. The molecule has 322 valence electrons. The van der Waals surface area contributed by atoms with E-state index in [1.54, 1.807) is 21.1 Å². The molecule has 0 radical (unpaired) electrons. The summed E-state index contributed by atoms with van der Waals surface area (Å²) in [6, 6.07) is 16.6. The number of hydrogen-bond acceptors (Lipinski definition) is 13. The Morgan fingerprint density at radius 1 is 0.700 bits per heavy atom. The van der Waals surface area contributed by atoms with Crippen molar-refractivity contribution in [3.8, 4) is 34.6 Å². The zero-order valence-corrected chi connectivity index (χ0v) is 35.2. The number of aliphatic hydroxyl groups excluding tert-OH is 2. The maximum atomic E-state index is 11.7. The molecule has 2 aliphatic carbocycles. The number of carboxylic acid groups (broad SMARTS) is 1. The number of pyridine rings is 2. The number of ether oxygens (including phenoxy) is 5. The van der Waals surface area contributed by atoms with Crippen LogP contribution in [0.2, 0.25) is 0 Å². The van der Waals surface area contributed by atoms with Gasteiger partial charge in [-0.3, -0.25) is 9.59 Å². The molecule has 0 aliphatic heterocycles. The summed E-state index contributed by atoms with van der Waals surface area (Å²) in [6.07, 6.45) is 1.94. The third-order valence-electron chi connectivity index (χ3n) is 10.9. The third-order valence-corrected chi connectivity index (χ3v) is 10.9. The van der Waals surface area contributed by atoms with Crippen LogP contribution in [0.3, 0.4) is 0 Å². The molecule has 6 rings (SSSR count). The van der Waals surface area contributed by atoms with Gasteiger partial charge in [0, 0.05) is 48.4 Å². The number of carbonyl (C=O) groups excluding carboxylic acids is 1. The Labute approximate surface area is 351 Å². The first-order chi connectivity index (χ1) is 29.0. The van der Waals surface area contributed by atoms with E-state index in [0.717, 1.165) is 81.3 Å². The quantitative estimate of drug-likeness (QED) is 0.0516. The van der Waals surface area contributed by atoms with E-state index in [4.69, 9.17) is 38.8 Å². The number of aromatic nitrogens is 2. The van der Waals surface area contributed by atoms with Gasteiger partial charge in [-0.2, -0.15) is 9.97 Å². The zero-order valence-electron chi connectivity index (χ0n) is 35.2. The molecular weight excluding hydrogens is 769 g/mol. The van der Waals surface area contributed by atoms with Crippen LogP contribution >= 0.6 is 0 Å².